The number of halogens is 1. The SMILES string of the molecule is Cc1occc1Sc1cc2c(cc1Cl)C(O)C(=O)N2. The number of anilines is 1. The molecule has 1 aliphatic heterocycles. The van der Waals surface area contributed by atoms with E-state index in [-0.39, 0.29) is 0 Å². The molecule has 0 radical (unpaired) electrons. The summed E-state index contributed by atoms with van der Waals surface area (Å²) in [6.07, 6.45) is 0.479. The second kappa shape index (κ2) is 4.59. The first kappa shape index (κ1) is 12.6. The number of nitrogens with one attached hydrogen (secondary N) is 1. The molecule has 0 fully saturated rings. The van der Waals surface area contributed by atoms with Gasteiger partial charge in [-0.2, -0.15) is 0 Å². The zero-order chi connectivity index (χ0) is 13.6. The molecular formula is C13H10ClNO3S. The maximum Gasteiger partial charge on any atom is 0.257 e. The Hall–Kier alpha value is -1.43. The fourth-order valence-corrected chi connectivity index (χ4v) is 3.09. The van der Waals surface area contributed by atoms with Crippen LogP contribution in [0.3, 0.4) is 0 Å². The summed E-state index contributed by atoms with van der Waals surface area (Å²) in [5.74, 6) is 0.387. The molecule has 0 bridgehead atoms. The number of fused-ring (bicyclic) bond motifs is 1. The number of amides is 1. The Kier molecular flexibility index (Phi) is 3.05. The predicted octanol–water partition coefficient (Wildman–Crippen LogP) is 3.38. The van der Waals surface area contributed by atoms with E-state index in [1.807, 2.05) is 13.0 Å². The Labute approximate surface area is 118 Å². The summed E-state index contributed by atoms with van der Waals surface area (Å²) in [5.41, 5.74) is 1.12. The van der Waals surface area contributed by atoms with Crippen molar-refractivity contribution in [3.8, 4) is 0 Å². The van der Waals surface area contributed by atoms with Crippen LogP contribution in [-0.2, 0) is 4.79 Å². The molecule has 1 unspecified atom stereocenters. The molecular weight excluding hydrogens is 286 g/mol. The number of hydrogen-bond acceptors (Lipinski definition) is 4. The van der Waals surface area contributed by atoms with Crippen LogP contribution in [0.2, 0.25) is 5.02 Å². The Balaban J connectivity index is 1.99. The van der Waals surface area contributed by atoms with E-state index in [4.69, 9.17) is 16.0 Å². The summed E-state index contributed by atoms with van der Waals surface area (Å²) in [7, 11) is 0. The number of hydrogen-bond donors (Lipinski definition) is 2. The minimum atomic E-state index is -1.14. The lowest BCUT2D eigenvalue weighted by Crippen LogP contribution is -2.10. The number of aliphatic hydroxyl groups excluding tert-OH is 1. The molecule has 0 saturated heterocycles. The predicted molar refractivity (Wildman–Crippen MR) is 72.6 cm³/mol. The highest BCUT2D eigenvalue weighted by molar-refractivity contribution is 7.99. The van der Waals surface area contributed by atoms with Crippen LogP contribution in [-0.4, -0.2) is 11.0 Å². The lowest BCUT2D eigenvalue weighted by molar-refractivity contribution is -0.123. The van der Waals surface area contributed by atoms with Crippen LogP contribution in [0.1, 0.15) is 17.4 Å². The number of aliphatic hydroxyl groups is 1. The molecule has 2 aromatic rings. The van der Waals surface area contributed by atoms with Gasteiger partial charge in [-0.1, -0.05) is 23.4 Å². The minimum absolute atomic E-state index is 0.423. The van der Waals surface area contributed by atoms with Crippen LogP contribution in [0, 0.1) is 6.92 Å². The van der Waals surface area contributed by atoms with Gasteiger partial charge in [0.2, 0.25) is 0 Å². The van der Waals surface area contributed by atoms with Crippen LogP contribution < -0.4 is 5.32 Å². The molecule has 1 aromatic heterocycles. The number of furan rings is 1. The molecule has 1 amide bonds. The average molecular weight is 296 g/mol. The standard InChI is InChI=1S/C13H10ClNO3S/c1-6-10(2-3-18-6)19-11-5-9-7(4-8(11)14)12(16)13(17)15-9/h2-5,12,16H,1H3,(H,15,17). The summed E-state index contributed by atoms with van der Waals surface area (Å²) in [6.45, 7) is 1.87. The van der Waals surface area contributed by atoms with Gasteiger partial charge in [0.25, 0.3) is 5.91 Å². The van der Waals surface area contributed by atoms with E-state index in [0.717, 1.165) is 15.6 Å². The van der Waals surface area contributed by atoms with E-state index in [0.29, 0.717) is 16.3 Å². The lowest BCUT2D eigenvalue weighted by atomic mass is 10.1. The van der Waals surface area contributed by atoms with Gasteiger partial charge in [-0.15, -0.1) is 0 Å². The maximum atomic E-state index is 11.4. The first-order chi connectivity index (χ1) is 9.06. The summed E-state index contributed by atoms with van der Waals surface area (Å²) in [4.78, 5) is 13.2. The summed E-state index contributed by atoms with van der Waals surface area (Å²) in [5, 5.41) is 12.8. The maximum absolute atomic E-state index is 11.4. The molecule has 4 nitrogen and oxygen atoms in total. The third kappa shape index (κ3) is 2.14. The average Bonchev–Trinajstić information content (AvgIpc) is 2.88. The molecule has 0 spiro atoms. The van der Waals surface area contributed by atoms with E-state index in [1.54, 1.807) is 18.4 Å². The van der Waals surface area contributed by atoms with Crippen LogP contribution in [0.5, 0.6) is 0 Å². The number of rotatable bonds is 2. The molecule has 6 heteroatoms. The highest BCUT2D eigenvalue weighted by atomic mass is 35.5. The molecule has 3 rings (SSSR count). The largest absolute Gasteiger partial charge is 0.468 e. The van der Waals surface area contributed by atoms with Gasteiger partial charge >= 0.3 is 0 Å². The van der Waals surface area contributed by atoms with Crippen LogP contribution in [0.25, 0.3) is 0 Å². The number of carbonyl (C=O) groups excluding carboxylic acids is 1. The van der Waals surface area contributed by atoms with Crippen LogP contribution in [0.4, 0.5) is 5.69 Å². The van der Waals surface area contributed by atoms with Crippen molar-refractivity contribution < 1.29 is 14.3 Å². The van der Waals surface area contributed by atoms with E-state index in [9.17, 15) is 9.90 Å². The van der Waals surface area contributed by atoms with Gasteiger partial charge in [0.15, 0.2) is 6.10 Å². The van der Waals surface area contributed by atoms with Gasteiger partial charge in [-0.3, -0.25) is 4.79 Å². The molecule has 98 valence electrons. The molecule has 1 aliphatic rings. The first-order valence-corrected chi connectivity index (χ1v) is 6.80. The van der Waals surface area contributed by atoms with Crippen molar-refractivity contribution in [3.63, 3.8) is 0 Å². The quantitative estimate of drug-likeness (QED) is 0.891. The number of carbonyl (C=O) groups is 1. The van der Waals surface area contributed by atoms with E-state index in [1.165, 1.54) is 11.8 Å². The zero-order valence-corrected chi connectivity index (χ0v) is 11.5. The van der Waals surface area contributed by atoms with Crippen molar-refractivity contribution in [2.24, 2.45) is 0 Å². The number of benzene rings is 1. The molecule has 2 heterocycles. The Morgan fingerprint density at radius 3 is 2.89 bits per heavy atom. The third-order valence-electron chi connectivity index (χ3n) is 2.94. The van der Waals surface area contributed by atoms with Crippen molar-refractivity contribution >= 4 is 35.0 Å². The second-order valence-electron chi connectivity index (χ2n) is 4.20. The molecule has 1 aromatic carbocycles. The molecule has 19 heavy (non-hydrogen) atoms. The van der Waals surface area contributed by atoms with Gasteiger partial charge in [0.05, 0.1) is 16.2 Å². The minimum Gasteiger partial charge on any atom is -0.468 e. The van der Waals surface area contributed by atoms with Crippen molar-refractivity contribution in [3.05, 3.63) is 40.8 Å². The van der Waals surface area contributed by atoms with E-state index in [2.05, 4.69) is 5.32 Å². The van der Waals surface area contributed by atoms with Gasteiger partial charge in [-0.25, -0.2) is 0 Å². The highest BCUT2D eigenvalue weighted by Gasteiger charge is 2.29. The monoisotopic (exact) mass is 295 g/mol. The summed E-state index contributed by atoms with van der Waals surface area (Å²) < 4.78 is 5.23. The van der Waals surface area contributed by atoms with Crippen molar-refractivity contribution in [2.75, 3.05) is 5.32 Å². The summed E-state index contributed by atoms with van der Waals surface area (Å²) >= 11 is 7.65. The smallest absolute Gasteiger partial charge is 0.257 e. The van der Waals surface area contributed by atoms with Crippen molar-refractivity contribution in [2.45, 2.75) is 22.8 Å². The van der Waals surface area contributed by atoms with Crippen molar-refractivity contribution in [1.29, 1.82) is 0 Å². The first-order valence-electron chi connectivity index (χ1n) is 5.60. The fraction of sp³-hybridized carbons (Fsp3) is 0.154. The van der Waals surface area contributed by atoms with Gasteiger partial charge in [-0.05, 0) is 25.1 Å². The molecule has 2 N–H and O–H groups in total. The second-order valence-corrected chi connectivity index (χ2v) is 5.70. The third-order valence-corrected chi connectivity index (χ3v) is 4.56. The van der Waals surface area contributed by atoms with E-state index < -0.39 is 12.0 Å². The normalized spacial score (nSPS) is 17.4. The Morgan fingerprint density at radius 1 is 1.42 bits per heavy atom. The Morgan fingerprint density at radius 2 is 2.21 bits per heavy atom. The lowest BCUT2D eigenvalue weighted by Gasteiger charge is -2.07. The van der Waals surface area contributed by atoms with Crippen LogP contribution >= 0.6 is 23.4 Å². The highest BCUT2D eigenvalue weighted by Crippen LogP contribution is 2.41. The van der Waals surface area contributed by atoms with Gasteiger partial charge < -0.3 is 14.8 Å². The molecule has 1 atom stereocenters. The van der Waals surface area contributed by atoms with Crippen molar-refractivity contribution in [1.82, 2.24) is 0 Å². The van der Waals surface area contributed by atoms with Gasteiger partial charge in [0, 0.05) is 16.1 Å². The Bertz CT molecular complexity index is 668. The molecule has 0 saturated carbocycles. The van der Waals surface area contributed by atoms with Crippen LogP contribution in [0.15, 0.2) is 38.7 Å². The topological polar surface area (TPSA) is 62.5 Å². The summed E-state index contributed by atoms with van der Waals surface area (Å²) in [6, 6.07) is 5.25. The fourth-order valence-electron chi connectivity index (χ4n) is 1.92. The van der Waals surface area contributed by atoms with Gasteiger partial charge in [0.1, 0.15) is 5.76 Å². The van der Waals surface area contributed by atoms with E-state index >= 15 is 0 Å². The zero-order valence-electron chi connectivity index (χ0n) is 9.94. The number of aryl methyl sites for hydroxylation is 1. The molecule has 0 aliphatic carbocycles.